The highest BCUT2D eigenvalue weighted by atomic mass is 32.1. The third kappa shape index (κ3) is 3.20. The first kappa shape index (κ1) is 15.9. The van der Waals surface area contributed by atoms with Crippen LogP contribution in [-0.4, -0.2) is 38.6 Å². The van der Waals surface area contributed by atoms with Crippen molar-refractivity contribution >= 4 is 39.4 Å². The Morgan fingerprint density at radius 3 is 3.00 bits per heavy atom. The van der Waals surface area contributed by atoms with Gasteiger partial charge in [-0.05, 0) is 12.1 Å². The van der Waals surface area contributed by atoms with Gasteiger partial charge in [0.05, 0.1) is 18.2 Å². The molecule has 0 unspecified atom stereocenters. The molecule has 0 saturated heterocycles. The summed E-state index contributed by atoms with van der Waals surface area (Å²) >= 11 is 1.25. The molecule has 1 aromatic carbocycles. The number of fused-ring (bicyclic) bond motifs is 1. The number of nitrogens with zero attached hydrogens (tertiary/aromatic N) is 3. The summed E-state index contributed by atoms with van der Waals surface area (Å²) in [6, 6.07) is 5.47. The minimum absolute atomic E-state index is 0.0580. The van der Waals surface area contributed by atoms with Crippen LogP contribution in [0.5, 0.6) is 5.75 Å². The average molecular weight is 346 g/mol. The fraction of sp³-hybridized carbons (Fsp3) is 0.200. The molecule has 0 saturated carbocycles. The van der Waals surface area contributed by atoms with Crippen molar-refractivity contribution in [2.75, 3.05) is 12.4 Å². The van der Waals surface area contributed by atoms with Crippen LogP contribution in [0.15, 0.2) is 30.6 Å². The molecular weight excluding hydrogens is 332 g/mol. The van der Waals surface area contributed by atoms with E-state index in [4.69, 9.17) is 9.84 Å². The van der Waals surface area contributed by atoms with Gasteiger partial charge in [0.15, 0.2) is 5.01 Å². The summed E-state index contributed by atoms with van der Waals surface area (Å²) in [5, 5.41) is 11.7. The Labute approximate surface area is 140 Å². The number of carboxylic acid groups (broad SMARTS) is 1. The first-order valence-electron chi connectivity index (χ1n) is 7.06. The minimum atomic E-state index is -0.917. The molecule has 2 N–H and O–H groups in total. The molecule has 0 aliphatic heterocycles. The molecular formula is C15H14N4O4S. The second kappa shape index (κ2) is 6.67. The number of rotatable bonds is 6. The van der Waals surface area contributed by atoms with E-state index in [0.29, 0.717) is 11.3 Å². The van der Waals surface area contributed by atoms with Gasteiger partial charge in [-0.15, -0.1) is 11.3 Å². The molecule has 2 heterocycles. The molecule has 8 nitrogen and oxygen atoms in total. The Bertz CT molecular complexity index is 902. The molecule has 0 spiro atoms. The normalized spacial score (nSPS) is 10.7. The highest BCUT2D eigenvalue weighted by molar-refractivity contribution is 7.20. The highest BCUT2D eigenvalue weighted by Crippen LogP contribution is 2.29. The number of para-hydroxylation sites is 1. The maximum absolute atomic E-state index is 12.4. The van der Waals surface area contributed by atoms with E-state index >= 15 is 0 Å². The quantitative estimate of drug-likeness (QED) is 0.709. The number of aromatic nitrogens is 3. The van der Waals surface area contributed by atoms with E-state index in [0.717, 1.165) is 4.70 Å². The Morgan fingerprint density at radius 2 is 2.25 bits per heavy atom. The number of hydrogen-bond donors (Lipinski definition) is 2. The summed E-state index contributed by atoms with van der Waals surface area (Å²) in [7, 11) is 1.55. The number of carboxylic acids is 1. The summed E-state index contributed by atoms with van der Waals surface area (Å²) in [6.45, 7) is 0.221. The topological polar surface area (TPSA) is 106 Å². The van der Waals surface area contributed by atoms with E-state index in [-0.39, 0.29) is 23.9 Å². The number of hydrogen-bond acceptors (Lipinski definition) is 6. The van der Waals surface area contributed by atoms with Gasteiger partial charge in [-0.1, -0.05) is 6.07 Å². The molecule has 2 aromatic heterocycles. The Balaban J connectivity index is 1.81. The third-order valence-electron chi connectivity index (χ3n) is 3.30. The zero-order chi connectivity index (χ0) is 17.1. The number of ether oxygens (including phenoxy) is 1. The second-order valence-electron chi connectivity index (χ2n) is 4.87. The van der Waals surface area contributed by atoms with Crippen molar-refractivity contribution in [3.63, 3.8) is 0 Å². The molecule has 0 fully saturated rings. The van der Waals surface area contributed by atoms with Gasteiger partial charge in [0.2, 0.25) is 5.95 Å². The van der Waals surface area contributed by atoms with Gasteiger partial charge in [-0.2, -0.15) is 0 Å². The van der Waals surface area contributed by atoms with E-state index in [9.17, 15) is 9.59 Å². The van der Waals surface area contributed by atoms with Crippen molar-refractivity contribution < 1.29 is 19.4 Å². The smallest absolute Gasteiger partial charge is 0.305 e. The monoisotopic (exact) mass is 346 g/mol. The lowest BCUT2D eigenvalue weighted by Gasteiger charge is -2.06. The lowest BCUT2D eigenvalue weighted by atomic mass is 10.3. The van der Waals surface area contributed by atoms with Crippen molar-refractivity contribution in [3.8, 4) is 5.75 Å². The van der Waals surface area contributed by atoms with Crippen LogP contribution in [0.3, 0.4) is 0 Å². The van der Waals surface area contributed by atoms with Gasteiger partial charge >= 0.3 is 5.97 Å². The van der Waals surface area contributed by atoms with Crippen LogP contribution in [0.1, 0.15) is 16.2 Å². The van der Waals surface area contributed by atoms with Gasteiger partial charge in [0.1, 0.15) is 11.3 Å². The summed E-state index contributed by atoms with van der Waals surface area (Å²) in [5.41, 5.74) is 0.629. The number of methoxy groups -OCH3 is 1. The molecule has 9 heteroatoms. The van der Waals surface area contributed by atoms with Gasteiger partial charge in [0.25, 0.3) is 5.91 Å². The predicted molar refractivity (Wildman–Crippen MR) is 88.6 cm³/mol. The van der Waals surface area contributed by atoms with Crippen molar-refractivity contribution in [1.82, 2.24) is 14.5 Å². The summed E-state index contributed by atoms with van der Waals surface area (Å²) in [4.78, 5) is 31.4. The molecule has 24 heavy (non-hydrogen) atoms. The van der Waals surface area contributed by atoms with Crippen LogP contribution in [0.25, 0.3) is 10.2 Å². The number of benzene rings is 1. The Kier molecular flexibility index (Phi) is 4.43. The van der Waals surface area contributed by atoms with Gasteiger partial charge in [-0.25, -0.2) is 9.97 Å². The van der Waals surface area contributed by atoms with Crippen molar-refractivity contribution in [2.45, 2.75) is 13.0 Å². The zero-order valence-corrected chi connectivity index (χ0v) is 13.5. The fourth-order valence-electron chi connectivity index (χ4n) is 2.17. The molecule has 0 aliphatic carbocycles. The minimum Gasteiger partial charge on any atom is -0.494 e. The molecule has 124 valence electrons. The van der Waals surface area contributed by atoms with Crippen molar-refractivity contribution in [2.24, 2.45) is 0 Å². The first-order valence-corrected chi connectivity index (χ1v) is 7.88. The van der Waals surface area contributed by atoms with E-state index < -0.39 is 11.9 Å². The largest absolute Gasteiger partial charge is 0.494 e. The standard InChI is InChI=1S/C15H14N4O4S/c1-23-9-3-2-4-10-12(9)17-14(24-10)13(22)18-15-16-6-8-19(15)7-5-11(20)21/h2-4,6,8H,5,7H2,1H3,(H,20,21)(H,16,18,22). The third-order valence-corrected chi connectivity index (χ3v) is 4.32. The maximum Gasteiger partial charge on any atom is 0.305 e. The number of amides is 1. The first-order chi connectivity index (χ1) is 11.6. The second-order valence-corrected chi connectivity index (χ2v) is 5.90. The SMILES string of the molecule is COc1cccc2sc(C(=O)Nc3nccn3CCC(=O)O)nc12. The zero-order valence-electron chi connectivity index (χ0n) is 12.7. The molecule has 0 atom stereocenters. The molecule has 0 bridgehead atoms. The number of nitrogens with one attached hydrogen (secondary N) is 1. The van der Waals surface area contributed by atoms with Crippen LogP contribution in [0.2, 0.25) is 0 Å². The summed E-state index contributed by atoms with van der Waals surface area (Å²) in [6.07, 6.45) is 3.05. The number of carbonyl (C=O) groups is 2. The summed E-state index contributed by atoms with van der Waals surface area (Å²) < 4.78 is 7.65. The van der Waals surface area contributed by atoms with Crippen LogP contribution in [0, 0.1) is 0 Å². The molecule has 3 rings (SSSR count). The van der Waals surface area contributed by atoms with Gasteiger partial charge in [-0.3, -0.25) is 14.9 Å². The molecule has 0 radical (unpaired) electrons. The van der Waals surface area contributed by atoms with E-state index in [1.54, 1.807) is 23.9 Å². The van der Waals surface area contributed by atoms with E-state index in [2.05, 4.69) is 15.3 Å². The van der Waals surface area contributed by atoms with Gasteiger partial charge < -0.3 is 14.4 Å². The molecule has 1 amide bonds. The fourth-order valence-corrected chi connectivity index (χ4v) is 3.05. The number of imidazole rings is 1. The highest BCUT2D eigenvalue weighted by Gasteiger charge is 2.17. The maximum atomic E-state index is 12.4. The lowest BCUT2D eigenvalue weighted by molar-refractivity contribution is -0.137. The van der Waals surface area contributed by atoms with Gasteiger partial charge in [0, 0.05) is 18.9 Å². The molecule has 0 aliphatic rings. The Morgan fingerprint density at radius 1 is 1.42 bits per heavy atom. The van der Waals surface area contributed by atoms with Crippen LogP contribution < -0.4 is 10.1 Å². The number of aryl methyl sites for hydroxylation is 1. The molecule has 3 aromatic rings. The average Bonchev–Trinajstić information content (AvgIpc) is 3.18. The van der Waals surface area contributed by atoms with Crippen molar-refractivity contribution in [1.29, 1.82) is 0 Å². The number of anilines is 1. The number of aliphatic carboxylic acids is 1. The van der Waals surface area contributed by atoms with E-state index in [1.807, 2.05) is 12.1 Å². The van der Waals surface area contributed by atoms with Crippen LogP contribution in [0.4, 0.5) is 5.95 Å². The predicted octanol–water partition coefficient (Wildman–Crippen LogP) is 2.23. The Hall–Kier alpha value is -2.94. The van der Waals surface area contributed by atoms with Crippen molar-refractivity contribution in [3.05, 3.63) is 35.6 Å². The van der Waals surface area contributed by atoms with Crippen LogP contribution in [-0.2, 0) is 11.3 Å². The lowest BCUT2D eigenvalue weighted by Crippen LogP contribution is -2.16. The van der Waals surface area contributed by atoms with E-state index in [1.165, 1.54) is 17.5 Å². The number of carbonyl (C=O) groups excluding carboxylic acids is 1. The summed E-state index contributed by atoms with van der Waals surface area (Å²) in [5.74, 6) is -0.432. The number of thiazole rings is 1. The van der Waals surface area contributed by atoms with Crippen LogP contribution >= 0.6 is 11.3 Å².